The number of benzene rings is 3. The number of nitrogens with one attached hydrogen (secondary N) is 3. The molecule has 1 aromatic heterocycles. The molecule has 0 radical (unpaired) electrons. The Morgan fingerprint density at radius 1 is 0.657 bits per heavy atom. The van der Waals surface area contributed by atoms with Crippen molar-refractivity contribution in [2.75, 3.05) is 21.7 Å². The largest absolute Gasteiger partial charge is 0.397 e. The lowest BCUT2D eigenvalue weighted by Gasteiger charge is -2.17. The first-order valence-corrected chi connectivity index (χ1v) is 10.8. The summed E-state index contributed by atoms with van der Waals surface area (Å²) < 4.78 is 0. The van der Waals surface area contributed by atoms with Crippen LogP contribution in [0.25, 0.3) is 0 Å². The molecular formula is C27H23N5O3. The molecule has 4 aromatic rings. The highest BCUT2D eigenvalue weighted by molar-refractivity contribution is 6.15. The summed E-state index contributed by atoms with van der Waals surface area (Å²) in [4.78, 5) is 43.2. The Kier molecular flexibility index (Phi) is 7.13. The van der Waals surface area contributed by atoms with Crippen LogP contribution in [0.3, 0.4) is 0 Å². The number of anilines is 4. The highest BCUT2D eigenvalue weighted by atomic mass is 16.2. The molecule has 35 heavy (non-hydrogen) atoms. The third-order valence-electron chi connectivity index (χ3n) is 5.16. The number of aromatic nitrogens is 1. The number of pyridine rings is 1. The summed E-state index contributed by atoms with van der Waals surface area (Å²) in [7, 11) is 0. The van der Waals surface area contributed by atoms with E-state index < -0.39 is 23.6 Å². The van der Waals surface area contributed by atoms with Gasteiger partial charge in [0.1, 0.15) is 0 Å². The maximum Gasteiger partial charge on any atom is 0.257 e. The average molecular weight is 466 g/mol. The lowest BCUT2D eigenvalue weighted by molar-refractivity contribution is -0.126. The number of rotatable bonds is 7. The molecule has 0 aliphatic carbocycles. The Hall–Kier alpha value is -4.98. The molecule has 0 fully saturated rings. The lowest BCUT2D eigenvalue weighted by atomic mass is 10.0. The molecule has 0 unspecified atom stereocenters. The van der Waals surface area contributed by atoms with Crippen LogP contribution in [-0.4, -0.2) is 22.7 Å². The fourth-order valence-corrected chi connectivity index (χ4v) is 3.38. The van der Waals surface area contributed by atoms with E-state index in [0.717, 1.165) is 0 Å². The van der Waals surface area contributed by atoms with Gasteiger partial charge in [-0.3, -0.25) is 19.4 Å². The van der Waals surface area contributed by atoms with Gasteiger partial charge in [0.25, 0.3) is 5.91 Å². The normalized spacial score (nSPS) is 10.4. The number of hydrogen-bond donors (Lipinski definition) is 4. The number of para-hydroxylation sites is 4. The number of nitrogen functional groups attached to an aromatic ring is 1. The zero-order chi connectivity index (χ0) is 24.6. The maximum atomic E-state index is 13.1. The van der Waals surface area contributed by atoms with Crippen molar-refractivity contribution in [1.82, 2.24) is 4.98 Å². The minimum Gasteiger partial charge on any atom is -0.397 e. The van der Waals surface area contributed by atoms with E-state index in [-0.39, 0.29) is 11.3 Å². The van der Waals surface area contributed by atoms with E-state index in [0.29, 0.717) is 22.7 Å². The van der Waals surface area contributed by atoms with Gasteiger partial charge in [-0.2, -0.15) is 0 Å². The van der Waals surface area contributed by atoms with Gasteiger partial charge in [-0.05, 0) is 48.5 Å². The SMILES string of the molecule is Nc1ccccc1NC(=O)c1ccc(C(C(=O)Nc2ccccc2)C(=O)Nc2ccccc2)nc1. The number of hydrogen-bond acceptors (Lipinski definition) is 5. The predicted octanol–water partition coefficient (Wildman–Crippen LogP) is 4.28. The highest BCUT2D eigenvalue weighted by Gasteiger charge is 2.30. The van der Waals surface area contributed by atoms with Gasteiger partial charge in [0, 0.05) is 17.6 Å². The fourth-order valence-electron chi connectivity index (χ4n) is 3.38. The van der Waals surface area contributed by atoms with Gasteiger partial charge in [-0.15, -0.1) is 0 Å². The van der Waals surface area contributed by atoms with Crippen LogP contribution in [0.2, 0.25) is 0 Å². The van der Waals surface area contributed by atoms with Crippen LogP contribution in [0.1, 0.15) is 22.0 Å². The highest BCUT2D eigenvalue weighted by Crippen LogP contribution is 2.21. The predicted molar refractivity (Wildman–Crippen MR) is 136 cm³/mol. The third kappa shape index (κ3) is 5.88. The van der Waals surface area contributed by atoms with Crippen molar-refractivity contribution in [2.45, 2.75) is 5.92 Å². The molecule has 3 aromatic carbocycles. The van der Waals surface area contributed by atoms with Gasteiger partial charge < -0.3 is 21.7 Å². The van der Waals surface area contributed by atoms with E-state index in [1.54, 1.807) is 72.8 Å². The lowest BCUT2D eigenvalue weighted by Crippen LogP contribution is -2.32. The first-order valence-electron chi connectivity index (χ1n) is 10.8. The Labute approximate surface area is 202 Å². The molecule has 0 saturated carbocycles. The number of nitrogens with two attached hydrogens (primary N) is 1. The van der Waals surface area contributed by atoms with Gasteiger partial charge >= 0.3 is 0 Å². The quantitative estimate of drug-likeness (QED) is 0.239. The molecule has 0 aliphatic rings. The van der Waals surface area contributed by atoms with Gasteiger partial charge in [0.15, 0.2) is 5.92 Å². The summed E-state index contributed by atoms with van der Waals surface area (Å²) in [6.45, 7) is 0. The summed E-state index contributed by atoms with van der Waals surface area (Å²) >= 11 is 0. The summed E-state index contributed by atoms with van der Waals surface area (Å²) in [5.74, 6) is -2.77. The molecule has 0 saturated heterocycles. The summed E-state index contributed by atoms with van der Waals surface area (Å²) in [6.07, 6.45) is 1.32. The van der Waals surface area contributed by atoms with Crippen LogP contribution in [-0.2, 0) is 9.59 Å². The third-order valence-corrected chi connectivity index (χ3v) is 5.16. The number of amides is 3. The van der Waals surface area contributed by atoms with Crippen LogP contribution in [0.5, 0.6) is 0 Å². The standard InChI is InChI=1S/C27H23N5O3/c28-21-13-7-8-14-22(21)32-25(33)18-15-16-23(29-17-18)24(26(34)30-19-9-3-1-4-10-19)27(35)31-20-11-5-2-6-12-20/h1-17,24H,28H2,(H,30,34)(H,31,35)(H,32,33). The van der Waals surface area contributed by atoms with Crippen LogP contribution < -0.4 is 21.7 Å². The van der Waals surface area contributed by atoms with Crippen molar-refractivity contribution in [2.24, 2.45) is 0 Å². The Balaban J connectivity index is 1.57. The first kappa shape index (κ1) is 23.2. The molecule has 1 heterocycles. The second-order valence-electron chi connectivity index (χ2n) is 7.66. The van der Waals surface area contributed by atoms with Gasteiger partial charge in [0.2, 0.25) is 11.8 Å². The molecule has 4 rings (SSSR count). The second-order valence-corrected chi connectivity index (χ2v) is 7.66. The minimum atomic E-state index is -1.25. The fraction of sp³-hybridized carbons (Fsp3) is 0.0370. The number of carbonyl (C=O) groups is 3. The van der Waals surface area contributed by atoms with Gasteiger partial charge in [-0.1, -0.05) is 48.5 Å². The zero-order valence-corrected chi connectivity index (χ0v) is 18.6. The summed E-state index contributed by atoms with van der Waals surface area (Å²) in [6, 6.07) is 27.5. The minimum absolute atomic E-state index is 0.197. The summed E-state index contributed by atoms with van der Waals surface area (Å²) in [5.41, 5.74) is 8.34. The van der Waals surface area contributed by atoms with Crippen LogP contribution in [0.4, 0.5) is 22.7 Å². The molecule has 8 heteroatoms. The van der Waals surface area contributed by atoms with Crippen molar-refractivity contribution >= 4 is 40.5 Å². The second kappa shape index (κ2) is 10.8. The van der Waals surface area contributed by atoms with E-state index >= 15 is 0 Å². The topological polar surface area (TPSA) is 126 Å². The molecule has 0 aliphatic heterocycles. The molecule has 0 atom stereocenters. The first-order chi connectivity index (χ1) is 17.0. The van der Waals surface area contributed by atoms with Gasteiger partial charge in [0.05, 0.1) is 22.6 Å². The Morgan fingerprint density at radius 3 is 1.71 bits per heavy atom. The monoisotopic (exact) mass is 465 g/mol. The van der Waals surface area contributed by atoms with Crippen molar-refractivity contribution < 1.29 is 14.4 Å². The molecule has 5 N–H and O–H groups in total. The van der Waals surface area contributed by atoms with E-state index in [2.05, 4.69) is 20.9 Å². The van der Waals surface area contributed by atoms with Crippen LogP contribution >= 0.6 is 0 Å². The van der Waals surface area contributed by atoms with E-state index in [9.17, 15) is 14.4 Å². The van der Waals surface area contributed by atoms with Crippen LogP contribution in [0, 0.1) is 0 Å². The molecular weight excluding hydrogens is 442 g/mol. The average Bonchev–Trinajstić information content (AvgIpc) is 2.87. The molecule has 0 spiro atoms. The molecule has 0 bridgehead atoms. The zero-order valence-electron chi connectivity index (χ0n) is 18.6. The van der Waals surface area contributed by atoms with E-state index in [1.807, 2.05) is 12.1 Å². The number of carbonyl (C=O) groups excluding carboxylic acids is 3. The van der Waals surface area contributed by atoms with Crippen molar-refractivity contribution in [3.05, 3.63) is 115 Å². The van der Waals surface area contributed by atoms with Crippen molar-refractivity contribution in [3.8, 4) is 0 Å². The van der Waals surface area contributed by atoms with Crippen LogP contribution in [0.15, 0.2) is 103 Å². The van der Waals surface area contributed by atoms with Crippen molar-refractivity contribution in [3.63, 3.8) is 0 Å². The Morgan fingerprint density at radius 2 is 1.20 bits per heavy atom. The van der Waals surface area contributed by atoms with E-state index in [4.69, 9.17) is 5.73 Å². The van der Waals surface area contributed by atoms with Gasteiger partial charge in [-0.25, -0.2) is 0 Å². The van der Waals surface area contributed by atoms with E-state index in [1.165, 1.54) is 18.3 Å². The molecule has 3 amide bonds. The maximum absolute atomic E-state index is 13.1. The molecule has 174 valence electrons. The summed E-state index contributed by atoms with van der Waals surface area (Å²) in [5, 5.41) is 8.22. The number of nitrogens with zero attached hydrogens (tertiary/aromatic N) is 1. The van der Waals surface area contributed by atoms with Crippen molar-refractivity contribution in [1.29, 1.82) is 0 Å². The Bertz CT molecular complexity index is 1270. The molecule has 8 nitrogen and oxygen atoms in total. The smallest absolute Gasteiger partial charge is 0.257 e.